The van der Waals surface area contributed by atoms with E-state index in [-0.39, 0.29) is 11.3 Å². The normalized spacial score (nSPS) is 25.7. The minimum absolute atomic E-state index is 0.145. The number of nitrogens with one attached hydrogen (secondary N) is 2. The van der Waals surface area contributed by atoms with Gasteiger partial charge >= 0.3 is 0 Å². The Hall–Kier alpha value is -0.570. The van der Waals surface area contributed by atoms with Crippen LogP contribution in [-0.4, -0.2) is 25.0 Å². The van der Waals surface area contributed by atoms with Crippen LogP contribution in [0.3, 0.4) is 0 Å². The van der Waals surface area contributed by atoms with Crippen LogP contribution in [0, 0.1) is 5.41 Å². The molecule has 2 atom stereocenters. The van der Waals surface area contributed by atoms with Crippen molar-refractivity contribution in [2.24, 2.45) is 5.41 Å². The fourth-order valence-electron chi connectivity index (χ4n) is 2.93. The Morgan fingerprint density at radius 2 is 2.17 bits per heavy atom. The maximum absolute atomic E-state index is 12.5. The second-order valence-corrected chi connectivity index (χ2v) is 5.83. The summed E-state index contributed by atoms with van der Waals surface area (Å²) in [6.45, 7) is 8.41. The molecule has 2 N–H and O–H groups in total. The molecule has 0 radical (unpaired) electrons. The van der Waals surface area contributed by atoms with Crippen LogP contribution in [0.4, 0.5) is 0 Å². The minimum Gasteiger partial charge on any atom is -0.353 e. The lowest BCUT2D eigenvalue weighted by molar-refractivity contribution is -0.133. The summed E-state index contributed by atoms with van der Waals surface area (Å²) >= 11 is 0. The Bertz CT molecular complexity index is 241. The van der Waals surface area contributed by atoms with E-state index in [4.69, 9.17) is 0 Å². The third-order valence-corrected chi connectivity index (χ3v) is 4.05. The first-order chi connectivity index (χ1) is 8.64. The van der Waals surface area contributed by atoms with Crippen molar-refractivity contribution >= 4 is 5.91 Å². The Balaban J connectivity index is 2.53. The van der Waals surface area contributed by atoms with E-state index in [1.165, 1.54) is 12.8 Å². The molecule has 0 spiro atoms. The molecular weight excluding hydrogens is 224 g/mol. The van der Waals surface area contributed by atoms with Crippen molar-refractivity contribution in [2.45, 2.75) is 71.8 Å². The minimum atomic E-state index is -0.145. The average Bonchev–Trinajstić information content (AvgIpc) is 2.37. The quantitative estimate of drug-likeness (QED) is 0.733. The van der Waals surface area contributed by atoms with E-state index < -0.39 is 0 Å². The van der Waals surface area contributed by atoms with E-state index >= 15 is 0 Å². The third kappa shape index (κ3) is 4.27. The molecular formula is C15H30N2O. The summed E-state index contributed by atoms with van der Waals surface area (Å²) < 4.78 is 0. The molecule has 1 amide bonds. The van der Waals surface area contributed by atoms with Gasteiger partial charge < -0.3 is 10.6 Å². The van der Waals surface area contributed by atoms with Gasteiger partial charge in [-0.2, -0.15) is 0 Å². The van der Waals surface area contributed by atoms with Crippen molar-refractivity contribution in [2.75, 3.05) is 13.1 Å². The highest BCUT2D eigenvalue weighted by molar-refractivity contribution is 5.83. The van der Waals surface area contributed by atoms with Gasteiger partial charge in [0.15, 0.2) is 0 Å². The summed E-state index contributed by atoms with van der Waals surface area (Å²) in [4.78, 5) is 12.5. The summed E-state index contributed by atoms with van der Waals surface area (Å²) in [5.41, 5.74) is -0.145. The summed E-state index contributed by atoms with van der Waals surface area (Å²) in [6.07, 6.45) is 7.74. The van der Waals surface area contributed by atoms with E-state index in [1.807, 2.05) is 0 Å². The first-order valence-electron chi connectivity index (χ1n) is 7.66. The van der Waals surface area contributed by atoms with Crippen LogP contribution in [0.25, 0.3) is 0 Å². The van der Waals surface area contributed by atoms with Crippen LogP contribution < -0.4 is 10.6 Å². The molecule has 1 aliphatic rings. The van der Waals surface area contributed by atoms with Gasteiger partial charge in [-0.15, -0.1) is 0 Å². The third-order valence-electron chi connectivity index (χ3n) is 4.05. The number of carbonyl (C=O) groups is 1. The summed E-state index contributed by atoms with van der Waals surface area (Å²) in [6, 6.07) is 0.313. The van der Waals surface area contributed by atoms with E-state index in [0.717, 1.165) is 45.2 Å². The number of carbonyl (C=O) groups excluding carboxylic acids is 1. The molecule has 3 nitrogen and oxygen atoms in total. The molecule has 0 saturated carbocycles. The molecule has 0 aromatic heterocycles. The van der Waals surface area contributed by atoms with Crippen molar-refractivity contribution in [1.82, 2.24) is 10.6 Å². The molecule has 18 heavy (non-hydrogen) atoms. The maximum atomic E-state index is 12.5. The average molecular weight is 254 g/mol. The smallest absolute Gasteiger partial charge is 0.227 e. The van der Waals surface area contributed by atoms with E-state index in [1.54, 1.807) is 0 Å². The molecule has 2 unspecified atom stereocenters. The molecule has 106 valence electrons. The van der Waals surface area contributed by atoms with Gasteiger partial charge in [0.05, 0.1) is 5.41 Å². The summed E-state index contributed by atoms with van der Waals surface area (Å²) in [7, 11) is 0. The predicted molar refractivity (Wildman–Crippen MR) is 76.6 cm³/mol. The number of amides is 1. The molecule has 1 heterocycles. The van der Waals surface area contributed by atoms with E-state index in [2.05, 4.69) is 31.4 Å². The van der Waals surface area contributed by atoms with Gasteiger partial charge in [-0.05, 0) is 39.2 Å². The van der Waals surface area contributed by atoms with E-state index in [9.17, 15) is 4.79 Å². The highest BCUT2D eigenvalue weighted by atomic mass is 16.2. The topological polar surface area (TPSA) is 41.1 Å². The lowest BCUT2D eigenvalue weighted by Gasteiger charge is -2.37. The molecule has 0 bridgehead atoms. The zero-order valence-corrected chi connectivity index (χ0v) is 12.3. The highest BCUT2D eigenvalue weighted by Gasteiger charge is 2.38. The van der Waals surface area contributed by atoms with Crippen molar-refractivity contribution < 1.29 is 4.79 Å². The molecule has 1 rings (SSSR count). The SMILES string of the molecule is CCCCC(C)NC(=O)C1(CCC)CCCNC1. The fraction of sp³-hybridized carbons (Fsp3) is 0.933. The Labute approximate surface area is 112 Å². The van der Waals surface area contributed by atoms with Gasteiger partial charge in [0.2, 0.25) is 5.91 Å². The predicted octanol–water partition coefficient (Wildman–Crippen LogP) is 2.85. The van der Waals surface area contributed by atoms with Crippen molar-refractivity contribution in [3.05, 3.63) is 0 Å². The zero-order valence-electron chi connectivity index (χ0n) is 12.3. The lowest BCUT2D eigenvalue weighted by atomic mass is 9.76. The van der Waals surface area contributed by atoms with Crippen molar-refractivity contribution in [3.8, 4) is 0 Å². The molecule has 1 aliphatic heterocycles. The second-order valence-electron chi connectivity index (χ2n) is 5.83. The van der Waals surface area contributed by atoms with Gasteiger partial charge in [-0.25, -0.2) is 0 Å². The molecule has 3 heteroatoms. The van der Waals surface area contributed by atoms with Crippen LogP contribution in [0.1, 0.15) is 65.7 Å². The Morgan fingerprint density at radius 1 is 1.39 bits per heavy atom. The molecule has 0 aliphatic carbocycles. The highest BCUT2D eigenvalue weighted by Crippen LogP contribution is 2.32. The van der Waals surface area contributed by atoms with Crippen LogP contribution in [0.15, 0.2) is 0 Å². The fourth-order valence-corrected chi connectivity index (χ4v) is 2.93. The first-order valence-corrected chi connectivity index (χ1v) is 7.66. The van der Waals surface area contributed by atoms with Crippen molar-refractivity contribution in [3.63, 3.8) is 0 Å². The van der Waals surface area contributed by atoms with Gasteiger partial charge in [-0.3, -0.25) is 4.79 Å². The van der Waals surface area contributed by atoms with Crippen LogP contribution in [-0.2, 0) is 4.79 Å². The summed E-state index contributed by atoms with van der Waals surface area (Å²) in [5.74, 6) is 0.278. The van der Waals surface area contributed by atoms with Crippen molar-refractivity contribution in [1.29, 1.82) is 0 Å². The number of hydrogen-bond donors (Lipinski definition) is 2. The molecule has 1 saturated heterocycles. The lowest BCUT2D eigenvalue weighted by Crippen LogP contribution is -2.52. The van der Waals surface area contributed by atoms with Gasteiger partial charge in [0, 0.05) is 12.6 Å². The largest absolute Gasteiger partial charge is 0.353 e. The summed E-state index contributed by atoms with van der Waals surface area (Å²) in [5, 5.41) is 6.63. The first kappa shape index (κ1) is 15.5. The van der Waals surface area contributed by atoms with E-state index in [0.29, 0.717) is 6.04 Å². The number of piperidine rings is 1. The van der Waals surface area contributed by atoms with Gasteiger partial charge in [-0.1, -0.05) is 33.1 Å². The zero-order chi connectivity index (χ0) is 13.4. The maximum Gasteiger partial charge on any atom is 0.227 e. The van der Waals surface area contributed by atoms with Gasteiger partial charge in [0.1, 0.15) is 0 Å². The number of rotatable bonds is 7. The number of unbranched alkanes of at least 4 members (excludes halogenated alkanes) is 1. The molecule has 0 aromatic rings. The number of hydrogen-bond acceptors (Lipinski definition) is 2. The Morgan fingerprint density at radius 3 is 2.72 bits per heavy atom. The molecule has 1 fully saturated rings. The molecule has 0 aromatic carbocycles. The van der Waals surface area contributed by atoms with Crippen LogP contribution in [0.5, 0.6) is 0 Å². The van der Waals surface area contributed by atoms with Crippen LogP contribution in [0.2, 0.25) is 0 Å². The standard InChI is InChI=1S/C15H30N2O/c1-4-6-8-13(3)17-14(18)15(9-5-2)10-7-11-16-12-15/h13,16H,4-12H2,1-3H3,(H,17,18). The Kier molecular flexibility index (Phi) is 6.69. The van der Waals surface area contributed by atoms with Crippen LogP contribution >= 0.6 is 0 Å². The van der Waals surface area contributed by atoms with Gasteiger partial charge in [0.25, 0.3) is 0 Å². The second kappa shape index (κ2) is 7.78. The monoisotopic (exact) mass is 254 g/mol.